The standard InChI is InChI=1S/C12H14N4.C2H6.CH4O/c1-16-8-10(6-15-16)11-5-9-3-2-4-13-12(9)7-14-11;2*1-2/h5-8,13H,2-4H2,1H3;1-2H3;2H,1H3. The monoisotopic (exact) mass is 276 g/mol. The topological polar surface area (TPSA) is 63.0 Å². The lowest BCUT2D eigenvalue weighted by molar-refractivity contribution is 0.399. The Morgan fingerprint density at radius 1 is 1.25 bits per heavy atom. The number of nitrogens with one attached hydrogen (secondary N) is 1. The summed E-state index contributed by atoms with van der Waals surface area (Å²) >= 11 is 0. The van der Waals surface area contributed by atoms with E-state index in [-0.39, 0.29) is 0 Å². The fraction of sp³-hybridized carbons (Fsp3) is 0.467. The number of aliphatic hydroxyl groups excluding tert-OH is 1. The van der Waals surface area contributed by atoms with Crippen molar-refractivity contribution < 1.29 is 5.11 Å². The van der Waals surface area contributed by atoms with Gasteiger partial charge < -0.3 is 10.4 Å². The predicted octanol–water partition coefficient (Wildman–Crippen LogP) is 2.47. The number of anilines is 1. The quantitative estimate of drug-likeness (QED) is 0.840. The molecule has 3 rings (SSSR count). The van der Waals surface area contributed by atoms with Gasteiger partial charge in [-0.3, -0.25) is 9.67 Å². The average Bonchev–Trinajstić information content (AvgIpc) is 2.97. The van der Waals surface area contributed by atoms with Gasteiger partial charge in [-0.1, -0.05) is 13.8 Å². The van der Waals surface area contributed by atoms with Crippen LogP contribution in [-0.4, -0.2) is 33.5 Å². The third kappa shape index (κ3) is 3.81. The SMILES string of the molecule is CC.CO.Cn1cc(-c2cc3c(cn2)NCCC3)cn1. The van der Waals surface area contributed by atoms with Crippen LogP contribution in [0, 0.1) is 0 Å². The summed E-state index contributed by atoms with van der Waals surface area (Å²) < 4.78 is 1.80. The van der Waals surface area contributed by atoms with Crippen LogP contribution < -0.4 is 5.32 Å². The van der Waals surface area contributed by atoms with Gasteiger partial charge in [-0.15, -0.1) is 0 Å². The highest BCUT2D eigenvalue weighted by atomic mass is 16.2. The van der Waals surface area contributed by atoms with Crippen molar-refractivity contribution in [3.05, 3.63) is 30.2 Å². The molecule has 0 unspecified atom stereocenters. The molecule has 5 nitrogen and oxygen atoms in total. The van der Waals surface area contributed by atoms with E-state index in [2.05, 4.69) is 21.5 Å². The van der Waals surface area contributed by atoms with Crippen molar-refractivity contribution in [1.29, 1.82) is 0 Å². The maximum absolute atomic E-state index is 7.00. The molecule has 0 aromatic carbocycles. The number of hydrogen-bond donors (Lipinski definition) is 2. The van der Waals surface area contributed by atoms with Gasteiger partial charge in [0.15, 0.2) is 0 Å². The average molecular weight is 276 g/mol. The Bertz CT molecular complexity index is 522. The molecule has 0 saturated carbocycles. The van der Waals surface area contributed by atoms with E-state index in [9.17, 15) is 0 Å². The lowest BCUT2D eigenvalue weighted by Crippen LogP contribution is -2.12. The minimum atomic E-state index is 1.00. The maximum Gasteiger partial charge on any atom is 0.0737 e. The first-order valence-electron chi connectivity index (χ1n) is 6.99. The van der Waals surface area contributed by atoms with Gasteiger partial charge in [-0.2, -0.15) is 5.10 Å². The van der Waals surface area contributed by atoms with Gasteiger partial charge in [0, 0.05) is 32.5 Å². The first-order chi connectivity index (χ1) is 9.83. The number of aromatic nitrogens is 3. The summed E-state index contributed by atoms with van der Waals surface area (Å²) in [6, 6.07) is 2.17. The molecule has 0 bridgehead atoms. The zero-order chi connectivity index (χ0) is 15.0. The van der Waals surface area contributed by atoms with Gasteiger partial charge in [0.1, 0.15) is 0 Å². The summed E-state index contributed by atoms with van der Waals surface area (Å²) in [5.41, 5.74) is 4.63. The molecule has 0 aliphatic carbocycles. The fourth-order valence-electron chi connectivity index (χ4n) is 2.08. The zero-order valence-electron chi connectivity index (χ0n) is 12.7. The lowest BCUT2D eigenvalue weighted by atomic mass is 10.0. The van der Waals surface area contributed by atoms with E-state index in [1.165, 1.54) is 17.7 Å². The molecule has 20 heavy (non-hydrogen) atoms. The molecular weight excluding hydrogens is 252 g/mol. The smallest absolute Gasteiger partial charge is 0.0737 e. The molecule has 1 aliphatic rings. The summed E-state index contributed by atoms with van der Waals surface area (Å²) in [6.45, 7) is 5.06. The van der Waals surface area contributed by atoms with Crippen LogP contribution in [0.4, 0.5) is 5.69 Å². The number of rotatable bonds is 1. The van der Waals surface area contributed by atoms with E-state index in [0.29, 0.717) is 0 Å². The van der Waals surface area contributed by atoms with Gasteiger partial charge in [-0.25, -0.2) is 0 Å². The Labute approximate surface area is 120 Å². The Kier molecular flexibility index (Phi) is 6.73. The summed E-state index contributed by atoms with van der Waals surface area (Å²) in [7, 11) is 2.92. The van der Waals surface area contributed by atoms with Crippen LogP contribution in [-0.2, 0) is 13.5 Å². The van der Waals surface area contributed by atoms with Gasteiger partial charge in [-0.05, 0) is 24.5 Å². The van der Waals surface area contributed by atoms with Crippen molar-refractivity contribution in [3.63, 3.8) is 0 Å². The van der Waals surface area contributed by atoms with Crippen molar-refractivity contribution in [2.75, 3.05) is 19.0 Å². The fourth-order valence-corrected chi connectivity index (χ4v) is 2.08. The molecule has 0 radical (unpaired) electrons. The summed E-state index contributed by atoms with van der Waals surface area (Å²) in [5, 5.41) is 14.5. The Morgan fingerprint density at radius 3 is 2.65 bits per heavy atom. The largest absolute Gasteiger partial charge is 0.400 e. The van der Waals surface area contributed by atoms with Crippen LogP contribution in [0.25, 0.3) is 11.3 Å². The molecule has 0 amide bonds. The molecular formula is C15H24N4O. The highest BCUT2D eigenvalue weighted by Crippen LogP contribution is 2.25. The Morgan fingerprint density at radius 2 is 2.00 bits per heavy atom. The van der Waals surface area contributed by atoms with E-state index >= 15 is 0 Å². The van der Waals surface area contributed by atoms with Gasteiger partial charge in [0.2, 0.25) is 0 Å². The summed E-state index contributed by atoms with van der Waals surface area (Å²) in [4.78, 5) is 4.46. The number of fused-ring (bicyclic) bond motifs is 1. The van der Waals surface area contributed by atoms with Crippen molar-refractivity contribution in [3.8, 4) is 11.3 Å². The van der Waals surface area contributed by atoms with Crippen LogP contribution in [0.5, 0.6) is 0 Å². The molecule has 0 spiro atoms. The van der Waals surface area contributed by atoms with Crippen molar-refractivity contribution in [1.82, 2.24) is 14.8 Å². The molecule has 0 saturated heterocycles. The van der Waals surface area contributed by atoms with Crippen LogP contribution >= 0.6 is 0 Å². The molecule has 1 aliphatic heterocycles. The number of hydrogen-bond acceptors (Lipinski definition) is 4. The highest BCUT2D eigenvalue weighted by molar-refractivity contribution is 5.63. The van der Waals surface area contributed by atoms with Crippen molar-refractivity contribution in [2.24, 2.45) is 7.05 Å². The molecule has 110 valence electrons. The molecule has 3 heterocycles. The zero-order valence-corrected chi connectivity index (χ0v) is 12.7. The Hall–Kier alpha value is -1.88. The number of nitrogens with zero attached hydrogens (tertiary/aromatic N) is 3. The van der Waals surface area contributed by atoms with E-state index in [0.717, 1.165) is 31.3 Å². The van der Waals surface area contributed by atoms with Crippen LogP contribution in [0.3, 0.4) is 0 Å². The molecule has 0 atom stereocenters. The third-order valence-corrected chi connectivity index (χ3v) is 2.93. The third-order valence-electron chi connectivity index (χ3n) is 2.93. The van der Waals surface area contributed by atoms with Gasteiger partial charge in [0.25, 0.3) is 0 Å². The normalized spacial score (nSPS) is 12.1. The summed E-state index contributed by atoms with van der Waals surface area (Å²) in [5.74, 6) is 0. The molecule has 5 heteroatoms. The van der Waals surface area contributed by atoms with E-state index in [4.69, 9.17) is 5.11 Å². The highest BCUT2D eigenvalue weighted by Gasteiger charge is 2.11. The molecule has 2 aromatic rings. The van der Waals surface area contributed by atoms with E-state index in [1.54, 1.807) is 4.68 Å². The van der Waals surface area contributed by atoms with Crippen molar-refractivity contribution in [2.45, 2.75) is 26.7 Å². The van der Waals surface area contributed by atoms with Gasteiger partial charge in [0.05, 0.1) is 23.8 Å². The first kappa shape index (κ1) is 16.2. The van der Waals surface area contributed by atoms with Crippen LogP contribution in [0.1, 0.15) is 25.8 Å². The molecule has 2 aromatic heterocycles. The maximum atomic E-state index is 7.00. The van der Waals surface area contributed by atoms with E-state index in [1.807, 2.05) is 39.5 Å². The minimum absolute atomic E-state index is 1.00. The minimum Gasteiger partial charge on any atom is -0.400 e. The second-order valence-electron chi connectivity index (χ2n) is 4.16. The second-order valence-corrected chi connectivity index (χ2v) is 4.16. The van der Waals surface area contributed by atoms with Crippen LogP contribution in [0.15, 0.2) is 24.7 Å². The van der Waals surface area contributed by atoms with Crippen LogP contribution in [0.2, 0.25) is 0 Å². The number of pyridine rings is 1. The van der Waals surface area contributed by atoms with Crippen molar-refractivity contribution >= 4 is 5.69 Å². The van der Waals surface area contributed by atoms with E-state index < -0.39 is 0 Å². The second kappa shape index (κ2) is 8.32. The lowest BCUT2D eigenvalue weighted by Gasteiger charge is -2.17. The first-order valence-corrected chi connectivity index (χ1v) is 6.99. The van der Waals surface area contributed by atoms with Gasteiger partial charge >= 0.3 is 0 Å². The number of aryl methyl sites for hydroxylation is 2. The predicted molar refractivity (Wildman–Crippen MR) is 82.7 cm³/mol. The molecule has 0 fully saturated rings. The molecule has 2 N–H and O–H groups in total. The number of aliphatic hydroxyl groups is 1. The summed E-state index contributed by atoms with van der Waals surface area (Å²) in [6.07, 6.45) is 8.11. The Balaban J connectivity index is 0.000000461.